The molecule has 3 nitrogen and oxygen atoms in total. The van der Waals surface area contributed by atoms with E-state index in [1.807, 2.05) is 31.2 Å². The van der Waals surface area contributed by atoms with Gasteiger partial charge in [0.1, 0.15) is 6.29 Å². The molecule has 1 aliphatic rings. The molecule has 18 heavy (non-hydrogen) atoms. The van der Waals surface area contributed by atoms with Crippen LogP contribution in [0.15, 0.2) is 24.3 Å². The van der Waals surface area contributed by atoms with Crippen molar-refractivity contribution in [3.05, 3.63) is 35.4 Å². The van der Waals surface area contributed by atoms with Crippen molar-refractivity contribution < 1.29 is 13.2 Å². The zero-order valence-corrected chi connectivity index (χ0v) is 11.3. The highest BCUT2D eigenvalue weighted by Gasteiger charge is 2.32. The Bertz CT molecular complexity index is 534. The van der Waals surface area contributed by atoms with Crippen molar-refractivity contribution in [3.8, 4) is 0 Å². The Morgan fingerprint density at radius 2 is 2.06 bits per heavy atom. The number of sulfone groups is 1. The maximum absolute atomic E-state index is 11.7. The summed E-state index contributed by atoms with van der Waals surface area (Å²) in [6.45, 7) is 1.96. The van der Waals surface area contributed by atoms with Crippen LogP contribution in [0.5, 0.6) is 0 Å². The van der Waals surface area contributed by atoms with Gasteiger partial charge in [-0.2, -0.15) is 0 Å². The van der Waals surface area contributed by atoms with Crippen molar-refractivity contribution in [2.45, 2.75) is 25.7 Å². The van der Waals surface area contributed by atoms with Gasteiger partial charge in [0.25, 0.3) is 0 Å². The minimum Gasteiger partial charge on any atom is -0.303 e. The minimum absolute atomic E-state index is 0.0673. The second-order valence-electron chi connectivity index (χ2n) is 5.04. The van der Waals surface area contributed by atoms with E-state index in [0.717, 1.165) is 23.8 Å². The lowest BCUT2D eigenvalue weighted by Crippen LogP contribution is -2.30. The summed E-state index contributed by atoms with van der Waals surface area (Å²) >= 11 is 0. The highest BCUT2D eigenvalue weighted by Crippen LogP contribution is 2.32. The summed E-state index contributed by atoms with van der Waals surface area (Å²) in [5.41, 5.74) is 2.02. The molecule has 0 saturated carbocycles. The van der Waals surface area contributed by atoms with Crippen molar-refractivity contribution in [1.82, 2.24) is 0 Å². The third-order valence-electron chi connectivity index (χ3n) is 3.70. The standard InChI is InChI=1S/C14H18O3S/c1-11-5-2-3-7-13(11)14(9-15)12-6-4-8-18(16,17)10-12/h2-3,5,7,9,12,14H,4,6,8,10H2,1H3. The molecule has 2 rings (SSSR count). The Balaban J connectivity index is 2.29. The number of carbonyl (C=O) groups excluding carboxylic acids is 1. The van der Waals surface area contributed by atoms with Gasteiger partial charge < -0.3 is 4.79 Å². The maximum Gasteiger partial charge on any atom is 0.150 e. The van der Waals surface area contributed by atoms with E-state index in [1.54, 1.807) is 0 Å². The van der Waals surface area contributed by atoms with Gasteiger partial charge >= 0.3 is 0 Å². The van der Waals surface area contributed by atoms with Crippen LogP contribution in [0, 0.1) is 12.8 Å². The average molecular weight is 266 g/mol. The van der Waals surface area contributed by atoms with Gasteiger partial charge in [0.15, 0.2) is 9.84 Å². The summed E-state index contributed by atoms with van der Waals surface area (Å²) in [5, 5.41) is 0. The lowest BCUT2D eigenvalue weighted by atomic mass is 9.83. The zero-order chi connectivity index (χ0) is 13.2. The van der Waals surface area contributed by atoms with Gasteiger partial charge in [0.2, 0.25) is 0 Å². The Morgan fingerprint density at radius 1 is 1.33 bits per heavy atom. The number of rotatable bonds is 3. The van der Waals surface area contributed by atoms with Gasteiger partial charge in [-0.3, -0.25) is 0 Å². The molecule has 0 aliphatic carbocycles. The number of hydrogen-bond acceptors (Lipinski definition) is 3. The van der Waals surface area contributed by atoms with Gasteiger partial charge in [-0.05, 0) is 36.8 Å². The third-order valence-corrected chi connectivity index (χ3v) is 5.55. The van der Waals surface area contributed by atoms with Crippen LogP contribution < -0.4 is 0 Å². The molecule has 0 N–H and O–H groups in total. The minimum atomic E-state index is -2.97. The first-order valence-corrected chi connectivity index (χ1v) is 8.07. The normalized spacial score (nSPS) is 24.4. The molecule has 98 valence electrons. The SMILES string of the molecule is Cc1ccccc1C(C=O)C1CCCS(=O)(=O)C1. The molecule has 1 aromatic rings. The van der Waals surface area contributed by atoms with Crippen LogP contribution in [0.3, 0.4) is 0 Å². The Morgan fingerprint density at radius 3 is 2.67 bits per heavy atom. The van der Waals surface area contributed by atoms with Crippen LogP contribution in [0.2, 0.25) is 0 Å². The predicted molar refractivity (Wildman–Crippen MR) is 71.4 cm³/mol. The highest BCUT2D eigenvalue weighted by molar-refractivity contribution is 7.91. The summed E-state index contributed by atoms with van der Waals surface area (Å²) in [7, 11) is -2.97. The molecule has 4 heteroatoms. The Kier molecular flexibility index (Phi) is 3.85. The molecular formula is C14H18O3S. The topological polar surface area (TPSA) is 51.2 Å². The second-order valence-corrected chi connectivity index (χ2v) is 7.26. The maximum atomic E-state index is 11.7. The van der Waals surface area contributed by atoms with Crippen LogP contribution in [0.1, 0.15) is 29.9 Å². The van der Waals surface area contributed by atoms with Gasteiger partial charge in [-0.15, -0.1) is 0 Å². The molecule has 1 fully saturated rings. The molecule has 0 bridgehead atoms. The van der Waals surface area contributed by atoms with Crippen LogP contribution in [-0.2, 0) is 14.6 Å². The van der Waals surface area contributed by atoms with E-state index < -0.39 is 9.84 Å². The molecule has 0 aromatic heterocycles. The molecule has 0 spiro atoms. The van der Waals surface area contributed by atoms with Crippen LogP contribution in [-0.4, -0.2) is 26.2 Å². The summed E-state index contributed by atoms with van der Waals surface area (Å²) in [5.74, 6) is 0.0526. The van der Waals surface area contributed by atoms with Crippen molar-refractivity contribution in [2.24, 2.45) is 5.92 Å². The van der Waals surface area contributed by atoms with Gasteiger partial charge in [0, 0.05) is 5.92 Å². The number of hydrogen-bond donors (Lipinski definition) is 0. The molecule has 1 saturated heterocycles. The van der Waals surface area contributed by atoms with E-state index in [1.165, 1.54) is 0 Å². The van der Waals surface area contributed by atoms with Crippen molar-refractivity contribution in [3.63, 3.8) is 0 Å². The van der Waals surface area contributed by atoms with Gasteiger partial charge in [-0.25, -0.2) is 8.42 Å². The summed E-state index contributed by atoms with van der Waals surface area (Å²) in [6, 6.07) is 7.72. The molecular weight excluding hydrogens is 248 g/mol. The summed E-state index contributed by atoms with van der Waals surface area (Å²) < 4.78 is 23.4. The molecule has 1 aliphatic heterocycles. The number of aldehydes is 1. The lowest BCUT2D eigenvalue weighted by molar-refractivity contribution is -0.110. The molecule has 1 heterocycles. The number of aryl methyl sites for hydroxylation is 1. The first-order valence-electron chi connectivity index (χ1n) is 6.25. The van der Waals surface area contributed by atoms with Crippen LogP contribution >= 0.6 is 0 Å². The van der Waals surface area contributed by atoms with Crippen LogP contribution in [0.25, 0.3) is 0 Å². The molecule has 2 unspecified atom stereocenters. The second kappa shape index (κ2) is 5.22. The van der Waals surface area contributed by atoms with Gasteiger partial charge in [0.05, 0.1) is 11.5 Å². The zero-order valence-electron chi connectivity index (χ0n) is 10.5. The van der Waals surface area contributed by atoms with E-state index in [4.69, 9.17) is 0 Å². The molecule has 0 radical (unpaired) electrons. The first-order chi connectivity index (χ1) is 8.53. The summed E-state index contributed by atoms with van der Waals surface area (Å²) in [6.07, 6.45) is 2.40. The highest BCUT2D eigenvalue weighted by atomic mass is 32.2. The monoisotopic (exact) mass is 266 g/mol. The largest absolute Gasteiger partial charge is 0.303 e. The fourth-order valence-electron chi connectivity index (χ4n) is 2.74. The fraction of sp³-hybridized carbons (Fsp3) is 0.500. The quantitative estimate of drug-likeness (QED) is 0.787. The smallest absolute Gasteiger partial charge is 0.150 e. The van der Waals surface area contributed by atoms with Crippen molar-refractivity contribution in [2.75, 3.05) is 11.5 Å². The Hall–Kier alpha value is -1.16. The van der Waals surface area contributed by atoms with Gasteiger partial charge in [-0.1, -0.05) is 24.3 Å². The van der Waals surface area contributed by atoms with E-state index in [0.29, 0.717) is 6.42 Å². The predicted octanol–water partition coefficient (Wildman–Crippen LogP) is 2.10. The molecule has 1 aromatic carbocycles. The average Bonchev–Trinajstić information content (AvgIpc) is 2.31. The Labute approximate surface area is 108 Å². The molecule has 2 atom stereocenters. The van der Waals surface area contributed by atoms with E-state index in [-0.39, 0.29) is 23.3 Å². The number of benzene rings is 1. The van der Waals surface area contributed by atoms with E-state index >= 15 is 0 Å². The fourth-order valence-corrected chi connectivity index (χ4v) is 4.54. The number of carbonyl (C=O) groups is 1. The van der Waals surface area contributed by atoms with Crippen molar-refractivity contribution in [1.29, 1.82) is 0 Å². The summed E-state index contributed by atoms with van der Waals surface area (Å²) in [4.78, 5) is 11.4. The van der Waals surface area contributed by atoms with E-state index in [2.05, 4.69) is 0 Å². The first kappa shape index (κ1) is 13.3. The van der Waals surface area contributed by atoms with Crippen LogP contribution in [0.4, 0.5) is 0 Å². The lowest BCUT2D eigenvalue weighted by Gasteiger charge is -2.27. The third kappa shape index (κ3) is 2.80. The van der Waals surface area contributed by atoms with Crippen molar-refractivity contribution >= 4 is 16.1 Å². The molecule has 0 amide bonds. The van der Waals surface area contributed by atoms with E-state index in [9.17, 15) is 13.2 Å².